The van der Waals surface area contributed by atoms with Gasteiger partial charge in [-0.15, -0.1) is 0 Å². The highest BCUT2D eigenvalue weighted by atomic mass is 19.1. The van der Waals surface area contributed by atoms with Gasteiger partial charge in [0.2, 0.25) is 11.8 Å². The molecule has 0 fully saturated rings. The summed E-state index contributed by atoms with van der Waals surface area (Å²) in [6, 6.07) is 7.21. The molecule has 1 aromatic heterocycles. The summed E-state index contributed by atoms with van der Waals surface area (Å²) in [5, 5.41) is 0. The summed E-state index contributed by atoms with van der Waals surface area (Å²) >= 11 is 0. The Morgan fingerprint density at radius 1 is 1.32 bits per heavy atom. The van der Waals surface area contributed by atoms with Crippen LogP contribution in [0.4, 0.5) is 10.3 Å². The number of nitrogens with zero attached hydrogens (tertiary/aromatic N) is 2. The first kappa shape index (κ1) is 12.7. The number of anilines is 1. The van der Waals surface area contributed by atoms with Gasteiger partial charge in [0.25, 0.3) is 5.91 Å². The molecule has 0 aliphatic carbocycles. The number of aromatic nitrogens is 2. The molecule has 1 heterocycles. The summed E-state index contributed by atoms with van der Waals surface area (Å²) in [7, 11) is 1.46. The smallest absolute Gasteiger partial charge is 0.272 e. The van der Waals surface area contributed by atoms with E-state index in [2.05, 4.69) is 20.8 Å². The monoisotopic (exact) mass is 262 g/mol. The molecule has 0 aliphatic rings. The first-order valence-corrected chi connectivity index (χ1v) is 5.38. The molecule has 2 rings (SSSR count). The van der Waals surface area contributed by atoms with Gasteiger partial charge in [0, 0.05) is 12.3 Å². The second-order valence-corrected chi connectivity index (χ2v) is 3.48. The van der Waals surface area contributed by atoms with Gasteiger partial charge in [-0.25, -0.2) is 9.37 Å². The summed E-state index contributed by atoms with van der Waals surface area (Å²) in [5.41, 5.74) is 4.70. The number of carbonyl (C=O) groups excluding carboxylic acids is 1. The molecule has 2 N–H and O–H groups in total. The Morgan fingerprint density at radius 2 is 2.11 bits per heavy atom. The Hall–Kier alpha value is -2.70. The maximum atomic E-state index is 13.3. The van der Waals surface area contributed by atoms with Crippen LogP contribution in [0.1, 0.15) is 10.4 Å². The van der Waals surface area contributed by atoms with E-state index in [9.17, 15) is 9.18 Å². The van der Waals surface area contributed by atoms with Crippen molar-refractivity contribution in [2.75, 3.05) is 12.5 Å². The number of ether oxygens (including phenoxy) is 1. The zero-order chi connectivity index (χ0) is 13.7. The number of benzene rings is 1. The topological polar surface area (TPSA) is 76.1 Å². The molecule has 98 valence electrons. The fraction of sp³-hybridized carbons (Fsp3) is 0.0833. The SMILES string of the molecule is COc1ccnc(NNC(=O)c2ccccc2F)n1. The molecule has 2 aromatic rings. The Kier molecular flexibility index (Phi) is 3.87. The predicted molar refractivity (Wildman–Crippen MR) is 66.1 cm³/mol. The van der Waals surface area contributed by atoms with Gasteiger partial charge < -0.3 is 4.74 Å². The van der Waals surface area contributed by atoms with Crippen LogP contribution in [0.15, 0.2) is 36.5 Å². The van der Waals surface area contributed by atoms with Gasteiger partial charge in [-0.3, -0.25) is 15.6 Å². The van der Waals surface area contributed by atoms with E-state index in [1.54, 1.807) is 12.1 Å². The van der Waals surface area contributed by atoms with Gasteiger partial charge in [-0.05, 0) is 12.1 Å². The van der Waals surface area contributed by atoms with Crippen molar-refractivity contribution in [2.45, 2.75) is 0 Å². The lowest BCUT2D eigenvalue weighted by Crippen LogP contribution is -2.30. The van der Waals surface area contributed by atoms with E-state index in [-0.39, 0.29) is 11.5 Å². The summed E-state index contributed by atoms with van der Waals surface area (Å²) in [6.07, 6.45) is 1.46. The molecule has 0 spiro atoms. The molecule has 0 saturated carbocycles. The highest BCUT2D eigenvalue weighted by molar-refractivity contribution is 5.94. The minimum Gasteiger partial charge on any atom is -0.481 e. The third kappa shape index (κ3) is 3.15. The number of nitrogens with one attached hydrogen (secondary N) is 2. The van der Waals surface area contributed by atoms with Crippen molar-refractivity contribution in [1.29, 1.82) is 0 Å². The first-order valence-electron chi connectivity index (χ1n) is 5.38. The van der Waals surface area contributed by atoms with Crippen LogP contribution >= 0.6 is 0 Å². The molecular weight excluding hydrogens is 251 g/mol. The number of hydrazine groups is 1. The number of hydrogen-bond acceptors (Lipinski definition) is 5. The predicted octanol–water partition coefficient (Wildman–Crippen LogP) is 1.38. The minimum atomic E-state index is -0.621. The molecular formula is C12H11FN4O2. The average molecular weight is 262 g/mol. The molecule has 1 aromatic carbocycles. The number of hydrogen-bond donors (Lipinski definition) is 2. The van der Waals surface area contributed by atoms with E-state index in [1.807, 2.05) is 0 Å². The van der Waals surface area contributed by atoms with Crippen LogP contribution in [0.25, 0.3) is 0 Å². The quantitative estimate of drug-likeness (QED) is 0.814. The van der Waals surface area contributed by atoms with Crippen LogP contribution < -0.4 is 15.6 Å². The van der Waals surface area contributed by atoms with Gasteiger partial charge in [-0.2, -0.15) is 4.98 Å². The van der Waals surface area contributed by atoms with E-state index in [1.165, 1.54) is 31.5 Å². The fourth-order valence-electron chi connectivity index (χ4n) is 1.34. The maximum absolute atomic E-state index is 13.3. The highest BCUT2D eigenvalue weighted by Crippen LogP contribution is 2.08. The number of halogens is 1. The van der Waals surface area contributed by atoms with Crippen molar-refractivity contribution < 1.29 is 13.9 Å². The lowest BCUT2D eigenvalue weighted by molar-refractivity contribution is 0.0958. The van der Waals surface area contributed by atoms with Gasteiger partial charge in [0.05, 0.1) is 12.7 Å². The van der Waals surface area contributed by atoms with Crippen molar-refractivity contribution in [3.8, 4) is 5.88 Å². The van der Waals surface area contributed by atoms with E-state index in [0.29, 0.717) is 5.88 Å². The molecule has 1 amide bonds. The van der Waals surface area contributed by atoms with Gasteiger partial charge >= 0.3 is 0 Å². The summed E-state index contributed by atoms with van der Waals surface area (Å²) in [6.45, 7) is 0. The number of carbonyl (C=O) groups is 1. The van der Waals surface area contributed by atoms with Crippen LogP contribution in [-0.4, -0.2) is 23.0 Å². The van der Waals surface area contributed by atoms with Crippen LogP contribution in [0, 0.1) is 5.82 Å². The standard InChI is InChI=1S/C12H11FN4O2/c1-19-10-6-7-14-12(15-10)17-16-11(18)8-4-2-3-5-9(8)13/h2-7H,1H3,(H,16,18)(H,14,15,17). The molecule has 0 bridgehead atoms. The highest BCUT2D eigenvalue weighted by Gasteiger charge is 2.10. The first-order chi connectivity index (χ1) is 9.20. The minimum absolute atomic E-state index is 0.0714. The summed E-state index contributed by atoms with van der Waals surface area (Å²) in [4.78, 5) is 19.5. The zero-order valence-corrected chi connectivity index (χ0v) is 10.1. The van der Waals surface area contributed by atoms with Crippen molar-refractivity contribution in [2.24, 2.45) is 0 Å². The van der Waals surface area contributed by atoms with E-state index < -0.39 is 11.7 Å². The van der Waals surface area contributed by atoms with Crippen molar-refractivity contribution in [3.63, 3.8) is 0 Å². The lowest BCUT2D eigenvalue weighted by Gasteiger charge is -2.08. The second kappa shape index (κ2) is 5.76. The molecule has 6 nitrogen and oxygen atoms in total. The van der Waals surface area contributed by atoms with Crippen LogP contribution in [0.5, 0.6) is 5.88 Å². The number of rotatable bonds is 4. The molecule has 0 unspecified atom stereocenters. The molecule has 19 heavy (non-hydrogen) atoms. The van der Waals surface area contributed by atoms with Crippen LogP contribution in [0.3, 0.4) is 0 Å². The Bertz CT molecular complexity index is 591. The lowest BCUT2D eigenvalue weighted by atomic mass is 10.2. The number of methoxy groups -OCH3 is 1. The van der Waals surface area contributed by atoms with Gasteiger partial charge in [0.15, 0.2) is 0 Å². The molecule has 7 heteroatoms. The van der Waals surface area contributed by atoms with Gasteiger partial charge in [0.1, 0.15) is 5.82 Å². The Morgan fingerprint density at radius 3 is 2.84 bits per heavy atom. The second-order valence-electron chi connectivity index (χ2n) is 3.48. The maximum Gasteiger partial charge on any atom is 0.272 e. The van der Waals surface area contributed by atoms with Crippen LogP contribution in [0.2, 0.25) is 0 Å². The molecule has 0 aliphatic heterocycles. The van der Waals surface area contributed by atoms with Crippen molar-refractivity contribution >= 4 is 11.9 Å². The Labute approximate surface area is 108 Å². The normalized spacial score (nSPS) is 9.79. The third-order valence-corrected chi connectivity index (χ3v) is 2.25. The zero-order valence-electron chi connectivity index (χ0n) is 10.1. The Balaban J connectivity index is 2.02. The molecule has 0 saturated heterocycles. The fourth-order valence-corrected chi connectivity index (χ4v) is 1.34. The summed E-state index contributed by atoms with van der Waals surface area (Å²) < 4.78 is 18.2. The largest absolute Gasteiger partial charge is 0.481 e. The van der Waals surface area contributed by atoms with E-state index >= 15 is 0 Å². The van der Waals surface area contributed by atoms with E-state index in [0.717, 1.165) is 0 Å². The molecule has 0 radical (unpaired) electrons. The van der Waals surface area contributed by atoms with Crippen molar-refractivity contribution in [1.82, 2.24) is 15.4 Å². The van der Waals surface area contributed by atoms with E-state index in [4.69, 9.17) is 4.74 Å². The average Bonchev–Trinajstić information content (AvgIpc) is 2.45. The third-order valence-electron chi connectivity index (χ3n) is 2.25. The molecule has 0 atom stereocenters. The number of amides is 1. The van der Waals surface area contributed by atoms with Crippen LogP contribution in [-0.2, 0) is 0 Å². The van der Waals surface area contributed by atoms with Crippen molar-refractivity contribution in [3.05, 3.63) is 47.9 Å². The summed E-state index contributed by atoms with van der Waals surface area (Å²) in [5.74, 6) is -0.737. The van der Waals surface area contributed by atoms with Gasteiger partial charge in [-0.1, -0.05) is 12.1 Å².